The molecule has 1 aromatic rings. The van der Waals surface area contributed by atoms with Gasteiger partial charge in [0.2, 0.25) is 0 Å². The number of ether oxygens (including phenoxy) is 1. The number of benzene rings is 1. The summed E-state index contributed by atoms with van der Waals surface area (Å²) in [6, 6.07) is 8.20. The molecule has 0 bridgehead atoms. The molecule has 0 aliphatic rings. The Morgan fingerprint density at radius 1 is 1.31 bits per heavy atom. The molecular weight excluding hydrogens is 198 g/mol. The minimum Gasteiger partial charge on any atom is -0.476 e. The predicted octanol–water partition coefficient (Wildman–Crippen LogP) is 3.58. The zero-order valence-corrected chi connectivity index (χ0v) is 10.7. The Hall–Kier alpha value is -1.49. The first-order valence-electron chi connectivity index (χ1n) is 5.52. The van der Waals surface area contributed by atoms with Crippen LogP contribution in [0.1, 0.15) is 38.8 Å². The molecule has 0 saturated carbocycles. The molecule has 0 N–H and O–H groups in total. The maximum atomic E-state index is 8.70. The molecule has 1 unspecified atom stereocenters. The minimum atomic E-state index is -0.404. The van der Waals surface area contributed by atoms with Crippen LogP contribution in [0.25, 0.3) is 0 Å². The first kappa shape index (κ1) is 12.6. The number of hydrogen-bond acceptors (Lipinski definition) is 2. The van der Waals surface area contributed by atoms with Crippen LogP contribution in [0.2, 0.25) is 0 Å². The maximum absolute atomic E-state index is 8.70. The SMILES string of the molecule is Cc1cc(C(C)(C)C)ccc1OC(C)C#N. The van der Waals surface area contributed by atoms with Crippen LogP contribution in [0, 0.1) is 18.3 Å². The summed E-state index contributed by atoms with van der Waals surface area (Å²) < 4.78 is 5.50. The van der Waals surface area contributed by atoms with Crippen molar-refractivity contribution < 1.29 is 4.74 Å². The lowest BCUT2D eigenvalue weighted by atomic mass is 9.86. The van der Waals surface area contributed by atoms with Gasteiger partial charge in [0.1, 0.15) is 11.8 Å². The van der Waals surface area contributed by atoms with E-state index in [-0.39, 0.29) is 5.41 Å². The highest BCUT2D eigenvalue weighted by molar-refractivity contribution is 5.39. The summed E-state index contributed by atoms with van der Waals surface area (Å²) in [5, 5.41) is 8.70. The van der Waals surface area contributed by atoms with E-state index in [1.165, 1.54) is 5.56 Å². The van der Waals surface area contributed by atoms with E-state index in [4.69, 9.17) is 10.00 Å². The molecule has 1 rings (SSSR count). The molecule has 2 heteroatoms. The highest BCUT2D eigenvalue weighted by Crippen LogP contribution is 2.27. The Morgan fingerprint density at radius 2 is 1.94 bits per heavy atom. The molecule has 1 atom stereocenters. The van der Waals surface area contributed by atoms with Crippen LogP contribution in [0.4, 0.5) is 0 Å². The number of rotatable bonds is 2. The molecule has 0 aliphatic carbocycles. The number of nitriles is 1. The highest BCUT2D eigenvalue weighted by atomic mass is 16.5. The minimum absolute atomic E-state index is 0.143. The third kappa shape index (κ3) is 3.00. The van der Waals surface area contributed by atoms with Crippen molar-refractivity contribution in [1.29, 1.82) is 5.26 Å². The van der Waals surface area contributed by atoms with Crippen molar-refractivity contribution in [2.45, 2.75) is 46.1 Å². The van der Waals surface area contributed by atoms with Gasteiger partial charge in [0.15, 0.2) is 6.10 Å². The second-order valence-electron chi connectivity index (χ2n) is 5.12. The second kappa shape index (κ2) is 4.57. The second-order valence-corrected chi connectivity index (χ2v) is 5.12. The molecule has 0 saturated heterocycles. The standard InChI is InChI=1S/C14H19NO/c1-10-8-12(14(3,4)5)6-7-13(10)16-11(2)9-15/h6-8,11H,1-5H3. The number of hydrogen-bond donors (Lipinski definition) is 0. The first-order valence-corrected chi connectivity index (χ1v) is 5.52. The van der Waals surface area contributed by atoms with Crippen LogP contribution in [0.5, 0.6) is 5.75 Å². The average molecular weight is 217 g/mol. The lowest BCUT2D eigenvalue weighted by Crippen LogP contribution is -2.13. The largest absolute Gasteiger partial charge is 0.476 e. The highest BCUT2D eigenvalue weighted by Gasteiger charge is 2.15. The van der Waals surface area contributed by atoms with Crippen molar-refractivity contribution in [2.24, 2.45) is 0 Å². The van der Waals surface area contributed by atoms with Crippen LogP contribution < -0.4 is 4.74 Å². The van der Waals surface area contributed by atoms with Gasteiger partial charge in [0, 0.05) is 0 Å². The van der Waals surface area contributed by atoms with Crippen LogP contribution >= 0.6 is 0 Å². The summed E-state index contributed by atoms with van der Waals surface area (Å²) in [7, 11) is 0. The topological polar surface area (TPSA) is 33.0 Å². The summed E-state index contributed by atoms with van der Waals surface area (Å²) in [5.41, 5.74) is 2.50. The molecule has 2 nitrogen and oxygen atoms in total. The van der Waals surface area contributed by atoms with Gasteiger partial charge in [0.05, 0.1) is 0 Å². The van der Waals surface area contributed by atoms with Gasteiger partial charge in [-0.25, -0.2) is 0 Å². The zero-order chi connectivity index (χ0) is 12.3. The van der Waals surface area contributed by atoms with Gasteiger partial charge in [-0.15, -0.1) is 0 Å². The van der Waals surface area contributed by atoms with Crippen molar-refractivity contribution in [3.63, 3.8) is 0 Å². The van der Waals surface area contributed by atoms with Crippen molar-refractivity contribution in [1.82, 2.24) is 0 Å². The van der Waals surface area contributed by atoms with Crippen molar-refractivity contribution in [2.75, 3.05) is 0 Å². The fourth-order valence-electron chi connectivity index (χ4n) is 1.46. The molecule has 1 aromatic carbocycles. The van der Waals surface area contributed by atoms with Gasteiger partial charge in [-0.05, 0) is 36.5 Å². The van der Waals surface area contributed by atoms with Crippen molar-refractivity contribution >= 4 is 0 Å². The summed E-state index contributed by atoms with van der Waals surface area (Å²) in [4.78, 5) is 0. The Kier molecular flexibility index (Phi) is 3.59. The predicted molar refractivity (Wildman–Crippen MR) is 65.6 cm³/mol. The summed E-state index contributed by atoms with van der Waals surface area (Å²) in [6.07, 6.45) is -0.404. The number of nitrogens with zero attached hydrogens (tertiary/aromatic N) is 1. The van der Waals surface area contributed by atoms with Gasteiger partial charge in [-0.1, -0.05) is 32.9 Å². The molecule has 0 spiro atoms. The van der Waals surface area contributed by atoms with Crippen LogP contribution in [0.15, 0.2) is 18.2 Å². The first-order chi connectivity index (χ1) is 7.34. The van der Waals surface area contributed by atoms with E-state index in [2.05, 4.69) is 39.0 Å². The summed E-state index contributed by atoms with van der Waals surface area (Å²) in [5.74, 6) is 0.794. The molecule has 86 valence electrons. The van der Waals surface area contributed by atoms with E-state index in [0.717, 1.165) is 11.3 Å². The van der Waals surface area contributed by atoms with E-state index in [1.54, 1.807) is 6.92 Å². The van der Waals surface area contributed by atoms with Gasteiger partial charge in [0.25, 0.3) is 0 Å². The fourth-order valence-corrected chi connectivity index (χ4v) is 1.46. The van der Waals surface area contributed by atoms with Crippen molar-refractivity contribution in [3.8, 4) is 11.8 Å². The molecule has 0 fully saturated rings. The zero-order valence-electron chi connectivity index (χ0n) is 10.7. The van der Waals surface area contributed by atoms with E-state index in [9.17, 15) is 0 Å². The maximum Gasteiger partial charge on any atom is 0.181 e. The Morgan fingerprint density at radius 3 is 2.38 bits per heavy atom. The Bertz CT molecular complexity index is 410. The smallest absolute Gasteiger partial charge is 0.181 e. The average Bonchev–Trinajstić information content (AvgIpc) is 2.19. The van der Waals surface area contributed by atoms with Gasteiger partial charge in [-0.3, -0.25) is 0 Å². The molecule has 16 heavy (non-hydrogen) atoms. The Labute approximate surface area is 97.9 Å². The van der Waals surface area contributed by atoms with Crippen LogP contribution in [-0.4, -0.2) is 6.10 Å². The third-order valence-electron chi connectivity index (χ3n) is 2.53. The third-order valence-corrected chi connectivity index (χ3v) is 2.53. The van der Waals surface area contributed by atoms with E-state index >= 15 is 0 Å². The molecule has 0 aromatic heterocycles. The molecule has 0 radical (unpaired) electrons. The lowest BCUT2D eigenvalue weighted by molar-refractivity contribution is 0.274. The van der Waals surface area contributed by atoms with E-state index in [1.807, 2.05) is 13.0 Å². The summed E-state index contributed by atoms with van der Waals surface area (Å²) in [6.45, 7) is 10.3. The molecule has 0 aliphatic heterocycles. The monoisotopic (exact) mass is 217 g/mol. The number of aryl methyl sites for hydroxylation is 1. The van der Waals surface area contributed by atoms with E-state index < -0.39 is 6.10 Å². The van der Waals surface area contributed by atoms with Gasteiger partial charge < -0.3 is 4.74 Å². The van der Waals surface area contributed by atoms with Crippen LogP contribution in [0.3, 0.4) is 0 Å². The fraction of sp³-hybridized carbons (Fsp3) is 0.500. The van der Waals surface area contributed by atoms with Crippen LogP contribution in [-0.2, 0) is 5.41 Å². The molecule has 0 heterocycles. The van der Waals surface area contributed by atoms with Gasteiger partial charge in [-0.2, -0.15) is 5.26 Å². The normalized spacial score (nSPS) is 13.0. The molecular formula is C14H19NO. The molecule has 0 amide bonds. The summed E-state index contributed by atoms with van der Waals surface area (Å²) >= 11 is 0. The van der Waals surface area contributed by atoms with E-state index in [0.29, 0.717) is 0 Å². The Balaban J connectivity index is 2.97. The lowest BCUT2D eigenvalue weighted by Gasteiger charge is -2.21. The van der Waals surface area contributed by atoms with Gasteiger partial charge >= 0.3 is 0 Å². The van der Waals surface area contributed by atoms with Crippen molar-refractivity contribution in [3.05, 3.63) is 29.3 Å². The quantitative estimate of drug-likeness (QED) is 0.758.